The van der Waals surface area contributed by atoms with Crippen molar-refractivity contribution in [3.8, 4) is 0 Å². The van der Waals surface area contributed by atoms with Crippen LogP contribution in [-0.4, -0.2) is 43.3 Å². The molecular formula is C13H16N2O5. The summed E-state index contributed by atoms with van der Waals surface area (Å²) in [4.78, 5) is 22.7. The fourth-order valence-corrected chi connectivity index (χ4v) is 1.65. The maximum absolute atomic E-state index is 10.8. The summed E-state index contributed by atoms with van der Waals surface area (Å²) in [6, 6.07) is 4.32. The van der Waals surface area contributed by atoms with E-state index in [1.165, 1.54) is 18.2 Å². The molecule has 0 spiro atoms. The zero-order chi connectivity index (χ0) is 15.1. The minimum atomic E-state index is -1.11. The number of carbonyl (C=O) groups is 1. The molecule has 7 heteroatoms. The Kier molecular flexibility index (Phi) is 5.67. The number of ether oxygens (including phenoxy) is 1. The van der Waals surface area contributed by atoms with E-state index in [1.807, 2.05) is 4.90 Å². The maximum Gasteiger partial charge on any atom is 0.328 e. The van der Waals surface area contributed by atoms with E-state index in [9.17, 15) is 14.9 Å². The van der Waals surface area contributed by atoms with Crippen LogP contribution >= 0.6 is 0 Å². The van der Waals surface area contributed by atoms with Gasteiger partial charge in [0, 0.05) is 50.2 Å². The first-order valence-corrected chi connectivity index (χ1v) is 5.85. The van der Waals surface area contributed by atoms with Crippen LogP contribution in [0.25, 0.3) is 6.08 Å². The summed E-state index contributed by atoms with van der Waals surface area (Å²) in [5, 5.41) is 19.4. The molecule has 0 aliphatic heterocycles. The molecule has 0 unspecified atom stereocenters. The third-order valence-corrected chi connectivity index (χ3v) is 2.67. The van der Waals surface area contributed by atoms with Crippen molar-refractivity contribution in [1.82, 2.24) is 0 Å². The third-order valence-electron chi connectivity index (χ3n) is 2.67. The van der Waals surface area contributed by atoms with Crippen LogP contribution in [-0.2, 0) is 9.53 Å². The van der Waals surface area contributed by atoms with E-state index >= 15 is 0 Å². The molecule has 108 valence electrons. The molecule has 0 saturated heterocycles. The number of benzene rings is 1. The fourth-order valence-electron chi connectivity index (χ4n) is 1.65. The molecular weight excluding hydrogens is 264 g/mol. The number of likely N-dealkylation sites (N-methyl/N-ethyl adjacent to an activating group) is 1. The topological polar surface area (TPSA) is 92.9 Å². The highest BCUT2D eigenvalue weighted by Gasteiger charge is 2.12. The summed E-state index contributed by atoms with van der Waals surface area (Å²) in [6.07, 6.45) is 2.29. The lowest BCUT2D eigenvalue weighted by Crippen LogP contribution is -2.22. The number of nitrogens with zero attached hydrogens (tertiary/aromatic N) is 2. The molecule has 0 aliphatic carbocycles. The molecule has 0 aromatic heterocycles. The first-order chi connectivity index (χ1) is 9.45. The van der Waals surface area contributed by atoms with E-state index in [-0.39, 0.29) is 5.69 Å². The molecule has 1 aromatic carbocycles. The zero-order valence-electron chi connectivity index (χ0n) is 11.3. The first-order valence-electron chi connectivity index (χ1n) is 5.85. The molecule has 0 bridgehead atoms. The molecule has 0 amide bonds. The zero-order valence-corrected chi connectivity index (χ0v) is 11.3. The lowest BCUT2D eigenvalue weighted by atomic mass is 10.1. The van der Waals surface area contributed by atoms with Gasteiger partial charge in [0.05, 0.1) is 11.5 Å². The highest BCUT2D eigenvalue weighted by Crippen LogP contribution is 2.26. The highest BCUT2D eigenvalue weighted by atomic mass is 16.6. The van der Waals surface area contributed by atoms with Gasteiger partial charge in [-0.05, 0) is 12.1 Å². The molecule has 1 aromatic rings. The van der Waals surface area contributed by atoms with Crippen LogP contribution in [0.15, 0.2) is 24.3 Å². The Balaban J connectivity index is 3.14. The van der Waals surface area contributed by atoms with E-state index in [4.69, 9.17) is 9.84 Å². The predicted molar refractivity (Wildman–Crippen MR) is 74.9 cm³/mol. The number of anilines is 1. The van der Waals surface area contributed by atoms with Gasteiger partial charge < -0.3 is 14.7 Å². The molecule has 1 N–H and O–H groups in total. The van der Waals surface area contributed by atoms with Gasteiger partial charge in [-0.3, -0.25) is 10.1 Å². The van der Waals surface area contributed by atoms with Crippen LogP contribution in [0.2, 0.25) is 0 Å². The smallest absolute Gasteiger partial charge is 0.328 e. The number of carboxylic acid groups (broad SMARTS) is 1. The quantitative estimate of drug-likeness (QED) is 0.465. The summed E-state index contributed by atoms with van der Waals surface area (Å²) < 4.78 is 4.97. The van der Waals surface area contributed by atoms with Gasteiger partial charge in [-0.2, -0.15) is 0 Å². The summed E-state index contributed by atoms with van der Waals surface area (Å²) in [5.41, 5.74) is 1.09. The van der Waals surface area contributed by atoms with Crippen molar-refractivity contribution >= 4 is 23.4 Å². The number of hydrogen-bond donors (Lipinski definition) is 1. The SMILES string of the molecule is COCCN(C)c1ccc([N+](=O)[O-])cc1C=CC(=O)O. The molecule has 0 heterocycles. The van der Waals surface area contributed by atoms with E-state index < -0.39 is 10.9 Å². The number of aliphatic carboxylic acids is 1. The summed E-state index contributed by atoms with van der Waals surface area (Å²) in [7, 11) is 3.38. The number of hydrogen-bond acceptors (Lipinski definition) is 5. The van der Waals surface area contributed by atoms with E-state index in [0.29, 0.717) is 24.4 Å². The molecule has 0 aliphatic rings. The van der Waals surface area contributed by atoms with Gasteiger partial charge in [0.2, 0.25) is 0 Å². The number of rotatable bonds is 7. The second-order valence-corrected chi connectivity index (χ2v) is 4.09. The average Bonchev–Trinajstić information content (AvgIpc) is 2.42. The van der Waals surface area contributed by atoms with E-state index in [2.05, 4.69) is 0 Å². The number of carboxylic acids is 1. The number of nitro groups is 1. The minimum Gasteiger partial charge on any atom is -0.478 e. The van der Waals surface area contributed by atoms with E-state index in [1.54, 1.807) is 20.2 Å². The summed E-state index contributed by atoms with van der Waals surface area (Å²) in [6.45, 7) is 1.08. The van der Waals surface area contributed by atoms with Crippen molar-refractivity contribution in [3.05, 3.63) is 40.0 Å². The first kappa shape index (κ1) is 15.6. The van der Waals surface area contributed by atoms with Crippen molar-refractivity contribution in [2.75, 3.05) is 32.2 Å². The van der Waals surface area contributed by atoms with Crippen LogP contribution in [0.5, 0.6) is 0 Å². The summed E-state index contributed by atoms with van der Waals surface area (Å²) in [5.74, 6) is -1.11. The Bertz CT molecular complexity index is 527. The standard InChI is InChI=1S/C13H16N2O5/c1-14(7-8-20-2)12-5-4-11(15(18)19)9-10(12)3-6-13(16)17/h3-6,9H,7-8H2,1-2H3,(H,16,17). The van der Waals surface area contributed by atoms with Crippen molar-refractivity contribution in [1.29, 1.82) is 0 Å². The molecule has 0 radical (unpaired) electrons. The van der Waals surface area contributed by atoms with Crippen molar-refractivity contribution in [2.45, 2.75) is 0 Å². The number of methoxy groups -OCH3 is 1. The highest BCUT2D eigenvalue weighted by molar-refractivity contribution is 5.87. The normalized spacial score (nSPS) is 10.7. The molecule has 0 atom stereocenters. The lowest BCUT2D eigenvalue weighted by molar-refractivity contribution is -0.384. The van der Waals surface area contributed by atoms with Crippen LogP contribution < -0.4 is 4.90 Å². The van der Waals surface area contributed by atoms with Crippen LogP contribution in [0.3, 0.4) is 0 Å². The van der Waals surface area contributed by atoms with E-state index in [0.717, 1.165) is 6.08 Å². The molecule has 0 fully saturated rings. The average molecular weight is 280 g/mol. The van der Waals surface area contributed by atoms with Gasteiger partial charge in [-0.1, -0.05) is 0 Å². The maximum atomic E-state index is 10.8. The molecule has 20 heavy (non-hydrogen) atoms. The Hall–Kier alpha value is -2.41. The second-order valence-electron chi connectivity index (χ2n) is 4.09. The number of nitro benzene ring substituents is 1. The Morgan fingerprint density at radius 1 is 1.55 bits per heavy atom. The van der Waals surface area contributed by atoms with Crippen molar-refractivity contribution < 1.29 is 19.6 Å². The van der Waals surface area contributed by atoms with Gasteiger partial charge in [0.1, 0.15) is 0 Å². The van der Waals surface area contributed by atoms with Gasteiger partial charge in [0.15, 0.2) is 0 Å². The van der Waals surface area contributed by atoms with Gasteiger partial charge in [-0.25, -0.2) is 4.79 Å². The van der Waals surface area contributed by atoms with Gasteiger partial charge in [0.25, 0.3) is 5.69 Å². The van der Waals surface area contributed by atoms with Crippen molar-refractivity contribution in [3.63, 3.8) is 0 Å². The Labute approximate surface area is 116 Å². The molecule has 0 saturated carbocycles. The minimum absolute atomic E-state index is 0.0843. The van der Waals surface area contributed by atoms with Crippen molar-refractivity contribution in [2.24, 2.45) is 0 Å². The Morgan fingerprint density at radius 2 is 2.25 bits per heavy atom. The van der Waals surface area contributed by atoms with Gasteiger partial charge >= 0.3 is 5.97 Å². The Morgan fingerprint density at radius 3 is 2.80 bits per heavy atom. The van der Waals surface area contributed by atoms with Crippen LogP contribution in [0, 0.1) is 10.1 Å². The largest absolute Gasteiger partial charge is 0.478 e. The van der Waals surface area contributed by atoms with Crippen LogP contribution in [0.4, 0.5) is 11.4 Å². The molecule has 1 rings (SSSR count). The lowest BCUT2D eigenvalue weighted by Gasteiger charge is -2.20. The summed E-state index contributed by atoms with van der Waals surface area (Å²) >= 11 is 0. The third kappa shape index (κ3) is 4.36. The van der Waals surface area contributed by atoms with Gasteiger partial charge in [-0.15, -0.1) is 0 Å². The monoisotopic (exact) mass is 280 g/mol. The molecule has 7 nitrogen and oxygen atoms in total. The second kappa shape index (κ2) is 7.25. The van der Waals surface area contributed by atoms with Crippen LogP contribution in [0.1, 0.15) is 5.56 Å². The fraction of sp³-hybridized carbons (Fsp3) is 0.308. The predicted octanol–water partition coefficient (Wildman–Crippen LogP) is 1.78. The number of non-ortho nitro benzene ring substituents is 1.